The number of hydrogen-bond donors (Lipinski definition) is 0. The number of nitrogens with zero attached hydrogens (tertiary/aromatic N) is 1. The van der Waals surface area contributed by atoms with E-state index in [2.05, 4.69) is 11.8 Å². The van der Waals surface area contributed by atoms with Gasteiger partial charge in [0.15, 0.2) is 5.78 Å². The second-order valence-electron chi connectivity index (χ2n) is 5.87. The molecule has 0 radical (unpaired) electrons. The van der Waals surface area contributed by atoms with Gasteiger partial charge in [-0.15, -0.1) is 0 Å². The van der Waals surface area contributed by atoms with Gasteiger partial charge >= 0.3 is 0 Å². The van der Waals surface area contributed by atoms with E-state index in [4.69, 9.17) is 4.74 Å². The predicted octanol–water partition coefficient (Wildman–Crippen LogP) is 3.53. The highest BCUT2D eigenvalue weighted by Crippen LogP contribution is 2.23. The molecule has 4 heteroatoms. The summed E-state index contributed by atoms with van der Waals surface area (Å²) in [5.41, 5.74) is 0.0863. The van der Waals surface area contributed by atoms with Gasteiger partial charge < -0.3 is 9.64 Å². The van der Waals surface area contributed by atoms with Crippen LogP contribution in [0, 0.1) is 11.7 Å². The van der Waals surface area contributed by atoms with Gasteiger partial charge in [0.05, 0.1) is 12.7 Å². The maximum absolute atomic E-state index is 13.9. The van der Waals surface area contributed by atoms with Crippen molar-refractivity contribution in [1.29, 1.82) is 0 Å². The molecule has 0 saturated carbocycles. The van der Waals surface area contributed by atoms with Gasteiger partial charge in [-0.05, 0) is 50.4 Å². The van der Waals surface area contributed by atoms with E-state index in [9.17, 15) is 9.18 Å². The summed E-state index contributed by atoms with van der Waals surface area (Å²) in [6.07, 6.45) is 3.95. The normalized spacial score (nSPS) is 20.0. The molecule has 1 atom stereocenters. The van der Waals surface area contributed by atoms with E-state index < -0.39 is 5.82 Å². The van der Waals surface area contributed by atoms with Crippen LogP contribution in [-0.4, -0.2) is 37.4 Å². The standard InChI is InChI=1S/C17H24FNO2/c1-13-5-4-10-19(11-8-13)12-9-15(20)17-14(18)6-3-7-16(17)21-2/h3,6-7,13H,4-5,8-12H2,1-2H3. The SMILES string of the molecule is COc1cccc(F)c1C(=O)CCN1CCCC(C)CC1. The smallest absolute Gasteiger partial charge is 0.170 e. The molecule has 1 saturated heterocycles. The Bertz CT molecular complexity index is 490. The summed E-state index contributed by atoms with van der Waals surface area (Å²) in [7, 11) is 1.46. The summed E-state index contributed by atoms with van der Waals surface area (Å²) in [4.78, 5) is 14.6. The van der Waals surface area contributed by atoms with Crippen LogP contribution in [0.15, 0.2) is 18.2 Å². The fraction of sp³-hybridized carbons (Fsp3) is 0.588. The Balaban J connectivity index is 1.96. The lowest BCUT2D eigenvalue weighted by Gasteiger charge is -2.19. The maximum Gasteiger partial charge on any atom is 0.170 e. The summed E-state index contributed by atoms with van der Waals surface area (Å²) in [6.45, 7) is 5.04. The third-order valence-electron chi connectivity index (χ3n) is 4.24. The fourth-order valence-corrected chi connectivity index (χ4v) is 2.88. The molecule has 1 aromatic carbocycles. The van der Waals surface area contributed by atoms with Gasteiger partial charge in [0.2, 0.25) is 0 Å². The first kappa shape index (κ1) is 16.0. The number of carbonyl (C=O) groups is 1. The fourth-order valence-electron chi connectivity index (χ4n) is 2.88. The van der Waals surface area contributed by atoms with Gasteiger partial charge in [-0.3, -0.25) is 4.79 Å². The van der Waals surface area contributed by atoms with Gasteiger partial charge in [0.1, 0.15) is 11.6 Å². The molecule has 116 valence electrons. The second-order valence-corrected chi connectivity index (χ2v) is 5.87. The van der Waals surface area contributed by atoms with Crippen molar-refractivity contribution in [3.05, 3.63) is 29.6 Å². The topological polar surface area (TPSA) is 29.5 Å². The molecule has 21 heavy (non-hydrogen) atoms. The van der Waals surface area contributed by atoms with Crippen LogP contribution in [0.5, 0.6) is 5.75 Å². The Morgan fingerprint density at radius 2 is 2.19 bits per heavy atom. The molecule has 0 aromatic heterocycles. The molecule has 0 amide bonds. The Hall–Kier alpha value is -1.42. The first-order valence-electron chi connectivity index (χ1n) is 7.70. The zero-order valence-corrected chi connectivity index (χ0v) is 12.9. The van der Waals surface area contributed by atoms with Gasteiger partial charge in [0, 0.05) is 13.0 Å². The molecular formula is C17H24FNO2. The minimum absolute atomic E-state index is 0.0863. The van der Waals surface area contributed by atoms with Crippen LogP contribution in [0.3, 0.4) is 0 Å². The van der Waals surface area contributed by atoms with Crippen molar-refractivity contribution in [2.75, 3.05) is 26.7 Å². The lowest BCUT2D eigenvalue weighted by Crippen LogP contribution is -2.27. The number of benzene rings is 1. The van der Waals surface area contributed by atoms with E-state index in [0.717, 1.165) is 19.0 Å². The first-order valence-corrected chi connectivity index (χ1v) is 7.70. The number of methoxy groups -OCH3 is 1. The third-order valence-corrected chi connectivity index (χ3v) is 4.24. The van der Waals surface area contributed by atoms with Crippen LogP contribution in [0.25, 0.3) is 0 Å². The Morgan fingerprint density at radius 3 is 2.95 bits per heavy atom. The molecule has 0 N–H and O–H groups in total. The summed E-state index contributed by atoms with van der Waals surface area (Å²) >= 11 is 0. The highest BCUT2D eigenvalue weighted by atomic mass is 19.1. The zero-order chi connectivity index (χ0) is 15.2. The lowest BCUT2D eigenvalue weighted by molar-refractivity contribution is 0.0957. The number of rotatable bonds is 5. The third kappa shape index (κ3) is 4.27. The zero-order valence-electron chi connectivity index (χ0n) is 12.9. The monoisotopic (exact) mass is 293 g/mol. The van der Waals surface area contributed by atoms with Gasteiger partial charge in [-0.2, -0.15) is 0 Å². The molecule has 0 spiro atoms. The van der Waals surface area contributed by atoms with Gasteiger partial charge in [0.25, 0.3) is 0 Å². The number of likely N-dealkylation sites (tertiary alicyclic amines) is 1. The number of ketones is 1. The molecular weight excluding hydrogens is 269 g/mol. The molecule has 1 fully saturated rings. The van der Waals surface area contributed by atoms with E-state index in [1.807, 2.05) is 0 Å². The van der Waals surface area contributed by atoms with E-state index in [0.29, 0.717) is 18.7 Å². The Kier molecular flexibility index (Phi) is 5.74. The van der Waals surface area contributed by atoms with Crippen molar-refractivity contribution in [2.24, 2.45) is 5.92 Å². The lowest BCUT2D eigenvalue weighted by atomic mass is 10.0. The number of Topliss-reactive ketones (excluding diaryl/α,β-unsaturated/α-hetero) is 1. The molecule has 1 unspecified atom stereocenters. The van der Waals surface area contributed by atoms with Crippen molar-refractivity contribution in [1.82, 2.24) is 4.90 Å². The van der Waals surface area contributed by atoms with Gasteiger partial charge in [-0.1, -0.05) is 13.0 Å². The van der Waals surface area contributed by atoms with Crippen LogP contribution in [-0.2, 0) is 0 Å². The molecule has 1 aromatic rings. The highest BCUT2D eigenvalue weighted by Gasteiger charge is 2.19. The number of halogens is 1. The average Bonchev–Trinajstić information content (AvgIpc) is 2.69. The number of ether oxygens (including phenoxy) is 1. The van der Waals surface area contributed by atoms with Crippen LogP contribution in [0.1, 0.15) is 43.0 Å². The second kappa shape index (κ2) is 7.55. The largest absolute Gasteiger partial charge is 0.496 e. The molecule has 3 nitrogen and oxygen atoms in total. The summed E-state index contributed by atoms with van der Waals surface area (Å²) in [5.74, 6) is 0.410. The molecule has 1 aliphatic heterocycles. The van der Waals surface area contributed by atoms with Crippen molar-refractivity contribution >= 4 is 5.78 Å². The minimum atomic E-state index is -0.496. The number of carbonyl (C=O) groups excluding carboxylic acids is 1. The molecule has 0 bridgehead atoms. The summed E-state index contributed by atoms with van der Waals surface area (Å²) < 4.78 is 19.0. The average molecular weight is 293 g/mol. The first-order chi connectivity index (χ1) is 10.1. The Morgan fingerprint density at radius 1 is 1.38 bits per heavy atom. The summed E-state index contributed by atoms with van der Waals surface area (Å²) in [6, 6.07) is 4.49. The highest BCUT2D eigenvalue weighted by molar-refractivity contribution is 5.99. The number of hydrogen-bond acceptors (Lipinski definition) is 3. The van der Waals surface area contributed by atoms with E-state index in [1.54, 1.807) is 12.1 Å². The van der Waals surface area contributed by atoms with Crippen molar-refractivity contribution in [2.45, 2.75) is 32.6 Å². The van der Waals surface area contributed by atoms with Crippen LogP contribution >= 0.6 is 0 Å². The van der Waals surface area contributed by atoms with Crippen LogP contribution in [0.4, 0.5) is 4.39 Å². The molecule has 1 heterocycles. The van der Waals surface area contributed by atoms with E-state index >= 15 is 0 Å². The van der Waals surface area contributed by atoms with Gasteiger partial charge in [-0.25, -0.2) is 4.39 Å². The van der Waals surface area contributed by atoms with E-state index in [-0.39, 0.29) is 11.3 Å². The molecule has 2 rings (SSSR count). The Labute approximate surface area is 126 Å². The molecule has 0 aliphatic carbocycles. The molecule has 1 aliphatic rings. The maximum atomic E-state index is 13.9. The van der Waals surface area contributed by atoms with Crippen molar-refractivity contribution < 1.29 is 13.9 Å². The van der Waals surface area contributed by atoms with E-state index in [1.165, 1.54) is 32.4 Å². The van der Waals surface area contributed by atoms with Crippen LogP contribution < -0.4 is 4.74 Å². The quantitative estimate of drug-likeness (QED) is 0.778. The van der Waals surface area contributed by atoms with Crippen LogP contribution in [0.2, 0.25) is 0 Å². The van der Waals surface area contributed by atoms with Crippen molar-refractivity contribution in [3.8, 4) is 5.75 Å². The predicted molar refractivity (Wildman–Crippen MR) is 81.4 cm³/mol. The van der Waals surface area contributed by atoms with Crippen molar-refractivity contribution in [3.63, 3.8) is 0 Å². The minimum Gasteiger partial charge on any atom is -0.496 e. The summed E-state index contributed by atoms with van der Waals surface area (Å²) in [5, 5.41) is 0.